The zero-order valence-corrected chi connectivity index (χ0v) is 16.8. The van der Waals surface area contributed by atoms with Crippen molar-refractivity contribution < 1.29 is 9.53 Å². The van der Waals surface area contributed by atoms with E-state index < -0.39 is 0 Å². The van der Waals surface area contributed by atoms with Crippen molar-refractivity contribution in [3.63, 3.8) is 0 Å². The minimum Gasteiger partial charge on any atom is -0.376 e. The van der Waals surface area contributed by atoms with Crippen molar-refractivity contribution in [1.29, 1.82) is 0 Å². The van der Waals surface area contributed by atoms with Gasteiger partial charge in [0.2, 0.25) is 0 Å². The number of hydrogen-bond donors (Lipinski definition) is 1. The van der Waals surface area contributed by atoms with Crippen molar-refractivity contribution in [3.05, 3.63) is 77.5 Å². The van der Waals surface area contributed by atoms with Crippen LogP contribution in [0.4, 0.5) is 0 Å². The SMILES string of the molecule is CCc1ccc(-c2nn(Cc3ccccc3)cc2C(=O)NC[C@@H]2CCCO2)cc1. The molecule has 0 spiro atoms. The Labute approximate surface area is 171 Å². The van der Waals surface area contributed by atoms with Crippen molar-refractivity contribution in [3.8, 4) is 11.3 Å². The van der Waals surface area contributed by atoms with Crippen LogP contribution < -0.4 is 5.32 Å². The van der Waals surface area contributed by atoms with E-state index in [9.17, 15) is 4.79 Å². The first-order valence-electron chi connectivity index (χ1n) is 10.3. The molecule has 5 heteroatoms. The lowest BCUT2D eigenvalue weighted by molar-refractivity contribution is 0.0858. The molecule has 0 unspecified atom stereocenters. The second kappa shape index (κ2) is 9.05. The first kappa shape index (κ1) is 19.4. The summed E-state index contributed by atoms with van der Waals surface area (Å²) in [6.45, 7) is 4.08. The van der Waals surface area contributed by atoms with Gasteiger partial charge in [-0.1, -0.05) is 61.5 Å². The van der Waals surface area contributed by atoms with Crippen LogP contribution in [0, 0.1) is 0 Å². The molecule has 29 heavy (non-hydrogen) atoms. The fourth-order valence-corrected chi connectivity index (χ4v) is 3.66. The van der Waals surface area contributed by atoms with E-state index in [4.69, 9.17) is 9.84 Å². The predicted octanol–water partition coefficient (Wildman–Crippen LogP) is 4.07. The van der Waals surface area contributed by atoms with Crippen LogP contribution in [0.1, 0.15) is 41.3 Å². The van der Waals surface area contributed by atoms with E-state index in [0.717, 1.165) is 37.0 Å². The number of rotatable bonds is 7. The maximum Gasteiger partial charge on any atom is 0.255 e. The molecule has 1 fully saturated rings. The van der Waals surface area contributed by atoms with Crippen LogP contribution in [0.15, 0.2) is 60.8 Å². The first-order valence-corrected chi connectivity index (χ1v) is 10.3. The maximum absolute atomic E-state index is 13.0. The van der Waals surface area contributed by atoms with Gasteiger partial charge < -0.3 is 10.1 Å². The van der Waals surface area contributed by atoms with Gasteiger partial charge in [0.25, 0.3) is 5.91 Å². The van der Waals surface area contributed by atoms with Gasteiger partial charge in [0.15, 0.2) is 0 Å². The molecule has 5 nitrogen and oxygen atoms in total. The second-order valence-corrected chi connectivity index (χ2v) is 7.47. The van der Waals surface area contributed by atoms with Gasteiger partial charge in [-0.15, -0.1) is 0 Å². The van der Waals surface area contributed by atoms with E-state index in [1.807, 2.05) is 41.2 Å². The number of ether oxygens (including phenoxy) is 1. The summed E-state index contributed by atoms with van der Waals surface area (Å²) in [4.78, 5) is 13.0. The normalized spacial score (nSPS) is 16.1. The van der Waals surface area contributed by atoms with E-state index in [1.165, 1.54) is 5.56 Å². The number of aryl methyl sites for hydroxylation is 1. The summed E-state index contributed by atoms with van der Waals surface area (Å²) in [5, 5.41) is 7.79. The molecule has 1 amide bonds. The average Bonchev–Trinajstić information content (AvgIpc) is 3.43. The number of nitrogens with one attached hydrogen (secondary N) is 1. The fraction of sp³-hybridized carbons (Fsp3) is 0.333. The van der Waals surface area contributed by atoms with Crippen molar-refractivity contribution in [2.24, 2.45) is 0 Å². The van der Waals surface area contributed by atoms with E-state index in [-0.39, 0.29) is 12.0 Å². The Morgan fingerprint density at radius 2 is 1.93 bits per heavy atom. The topological polar surface area (TPSA) is 56.2 Å². The molecule has 2 aromatic carbocycles. The van der Waals surface area contributed by atoms with Crippen molar-refractivity contribution in [2.75, 3.05) is 13.2 Å². The van der Waals surface area contributed by atoms with Gasteiger partial charge >= 0.3 is 0 Å². The third-order valence-electron chi connectivity index (χ3n) is 5.34. The molecule has 0 aliphatic carbocycles. The van der Waals surface area contributed by atoms with Crippen LogP contribution >= 0.6 is 0 Å². The number of amides is 1. The highest BCUT2D eigenvalue weighted by Gasteiger charge is 2.21. The molecule has 1 aromatic heterocycles. The molecular weight excluding hydrogens is 362 g/mol. The Bertz CT molecular complexity index is 942. The predicted molar refractivity (Wildman–Crippen MR) is 114 cm³/mol. The van der Waals surface area contributed by atoms with Gasteiger partial charge in [-0.3, -0.25) is 9.48 Å². The van der Waals surface area contributed by atoms with E-state index >= 15 is 0 Å². The van der Waals surface area contributed by atoms with E-state index in [2.05, 4.69) is 36.5 Å². The van der Waals surface area contributed by atoms with Crippen LogP contribution in [0.2, 0.25) is 0 Å². The molecule has 1 aliphatic heterocycles. The second-order valence-electron chi connectivity index (χ2n) is 7.47. The number of carbonyl (C=O) groups excluding carboxylic acids is 1. The zero-order chi connectivity index (χ0) is 20.1. The van der Waals surface area contributed by atoms with Gasteiger partial charge in [0.1, 0.15) is 5.69 Å². The average molecular weight is 389 g/mol. The summed E-state index contributed by atoms with van der Waals surface area (Å²) in [7, 11) is 0. The third-order valence-corrected chi connectivity index (χ3v) is 5.34. The Morgan fingerprint density at radius 3 is 2.62 bits per heavy atom. The highest BCUT2D eigenvalue weighted by molar-refractivity contribution is 5.99. The minimum atomic E-state index is -0.102. The molecule has 1 atom stereocenters. The highest BCUT2D eigenvalue weighted by atomic mass is 16.5. The number of hydrogen-bond acceptors (Lipinski definition) is 3. The summed E-state index contributed by atoms with van der Waals surface area (Å²) < 4.78 is 7.47. The van der Waals surface area contributed by atoms with E-state index in [1.54, 1.807) is 0 Å². The lowest BCUT2D eigenvalue weighted by atomic mass is 10.0. The van der Waals surface area contributed by atoms with Gasteiger partial charge in [-0.05, 0) is 30.4 Å². The fourth-order valence-electron chi connectivity index (χ4n) is 3.66. The smallest absolute Gasteiger partial charge is 0.255 e. The minimum absolute atomic E-state index is 0.102. The monoisotopic (exact) mass is 389 g/mol. The van der Waals surface area contributed by atoms with Crippen molar-refractivity contribution in [1.82, 2.24) is 15.1 Å². The summed E-state index contributed by atoms with van der Waals surface area (Å²) in [5.74, 6) is -0.102. The van der Waals surface area contributed by atoms with E-state index in [0.29, 0.717) is 24.3 Å². The third kappa shape index (κ3) is 4.74. The van der Waals surface area contributed by atoms with Gasteiger partial charge in [-0.2, -0.15) is 5.10 Å². The molecule has 1 saturated heterocycles. The molecule has 4 rings (SSSR count). The van der Waals surface area contributed by atoms with Crippen LogP contribution in [-0.4, -0.2) is 34.9 Å². The van der Waals surface area contributed by atoms with Gasteiger partial charge in [0.05, 0.1) is 18.2 Å². The van der Waals surface area contributed by atoms with Gasteiger partial charge in [-0.25, -0.2) is 0 Å². The Hall–Kier alpha value is -2.92. The molecule has 150 valence electrons. The summed E-state index contributed by atoms with van der Waals surface area (Å²) >= 11 is 0. The molecule has 0 bridgehead atoms. The van der Waals surface area contributed by atoms with Crippen LogP contribution in [0.5, 0.6) is 0 Å². The van der Waals surface area contributed by atoms with Gasteiger partial charge in [0, 0.05) is 24.9 Å². The first-order chi connectivity index (χ1) is 14.2. The van der Waals surface area contributed by atoms with Crippen molar-refractivity contribution >= 4 is 5.91 Å². The Balaban J connectivity index is 1.60. The zero-order valence-electron chi connectivity index (χ0n) is 16.8. The number of aromatic nitrogens is 2. The van der Waals surface area contributed by atoms with Crippen LogP contribution in [0.25, 0.3) is 11.3 Å². The lowest BCUT2D eigenvalue weighted by Crippen LogP contribution is -2.31. The number of benzene rings is 2. The van der Waals surface area contributed by atoms with Crippen LogP contribution in [-0.2, 0) is 17.7 Å². The molecule has 1 aliphatic rings. The Kier molecular flexibility index (Phi) is 6.06. The molecule has 2 heterocycles. The summed E-state index contributed by atoms with van der Waals surface area (Å²) in [6, 6.07) is 18.4. The maximum atomic E-state index is 13.0. The van der Waals surface area contributed by atoms with Crippen molar-refractivity contribution in [2.45, 2.75) is 38.8 Å². The lowest BCUT2D eigenvalue weighted by Gasteiger charge is -2.10. The largest absolute Gasteiger partial charge is 0.376 e. The number of carbonyl (C=O) groups is 1. The highest BCUT2D eigenvalue weighted by Crippen LogP contribution is 2.24. The quantitative estimate of drug-likeness (QED) is 0.663. The Morgan fingerprint density at radius 1 is 1.14 bits per heavy atom. The number of nitrogens with zero attached hydrogens (tertiary/aromatic N) is 2. The summed E-state index contributed by atoms with van der Waals surface area (Å²) in [5.41, 5.74) is 4.68. The molecular formula is C24H27N3O2. The molecule has 0 saturated carbocycles. The molecule has 0 radical (unpaired) electrons. The standard InChI is InChI=1S/C24H27N3O2/c1-2-18-10-12-20(13-11-18)23-22(24(28)25-15-21-9-6-14-29-21)17-27(26-23)16-19-7-4-3-5-8-19/h3-5,7-8,10-13,17,21H,2,6,9,14-16H2,1H3,(H,25,28)/t21-/m0/s1. The molecule has 3 aromatic rings. The summed E-state index contributed by atoms with van der Waals surface area (Å²) in [6.07, 6.45) is 5.01. The van der Waals surface area contributed by atoms with Crippen LogP contribution in [0.3, 0.4) is 0 Å². The molecule has 1 N–H and O–H groups in total.